The Hall–Kier alpha value is -1.95. The zero-order chi connectivity index (χ0) is 16.6. The molecule has 0 aromatic carbocycles. The third kappa shape index (κ3) is 3.43. The molecule has 3 heterocycles. The third-order valence-corrected chi connectivity index (χ3v) is 5.36. The van der Waals surface area contributed by atoms with Gasteiger partial charge >= 0.3 is 0 Å². The molecule has 0 N–H and O–H groups in total. The zero-order valence-electron chi connectivity index (χ0n) is 14.5. The highest BCUT2D eigenvalue weighted by Crippen LogP contribution is 2.48. The first-order valence-corrected chi connectivity index (χ1v) is 8.84. The average molecular weight is 327 g/mol. The summed E-state index contributed by atoms with van der Waals surface area (Å²) in [6.07, 6.45) is 6.56. The number of nitrogens with zero attached hydrogens (tertiary/aromatic N) is 5. The molecule has 2 fully saturated rings. The summed E-state index contributed by atoms with van der Waals surface area (Å²) in [5, 5.41) is 4.09. The number of anilines is 1. The smallest absolute Gasteiger partial charge is 0.227 e. The summed E-state index contributed by atoms with van der Waals surface area (Å²) in [7, 11) is 2.16. The summed E-state index contributed by atoms with van der Waals surface area (Å²) < 4.78 is 5.38. The SMILES string of the molecule is CN1CCN(c2ccc(-c3noc(CCC4(C)CC4)n3)nc2)CC1. The van der Waals surface area contributed by atoms with Crippen LogP contribution in [0.4, 0.5) is 5.69 Å². The molecule has 0 bridgehead atoms. The zero-order valence-corrected chi connectivity index (χ0v) is 14.5. The van der Waals surface area contributed by atoms with E-state index in [1.807, 2.05) is 12.3 Å². The Labute approximate surface area is 142 Å². The fourth-order valence-electron chi connectivity index (χ4n) is 3.10. The van der Waals surface area contributed by atoms with Gasteiger partial charge in [0.2, 0.25) is 11.7 Å². The quantitative estimate of drug-likeness (QED) is 0.841. The number of piperazine rings is 1. The van der Waals surface area contributed by atoms with E-state index >= 15 is 0 Å². The number of aryl methyl sites for hydroxylation is 1. The standard InChI is InChI=1S/C18H25N5O/c1-18(7-8-18)6-5-16-20-17(21-24-16)15-4-3-14(13-19-15)23-11-9-22(2)10-12-23/h3-4,13H,5-12H2,1-2H3. The van der Waals surface area contributed by atoms with Gasteiger partial charge in [-0.1, -0.05) is 12.1 Å². The van der Waals surface area contributed by atoms with Crippen molar-refractivity contribution in [2.24, 2.45) is 5.41 Å². The Morgan fingerprint density at radius 3 is 2.62 bits per heavy atom. The average Bonchev–Trinajstić information content (AvgIpc) is 3.16. The third-order valence-electron chi connectivity index (χ3n) is 5.36. The number of hydrogen-bond donors (Lipinski definition) is 0. The topological polar surface area (TPSA) is 58.3 Å². The minimum Gasteiger partial charge on any atom is -0.368 e. The number of hydrogen-bond acceptors (Lipinski definition) is 6. The molecule has 4 rings (SSSR count). The number of aromatic nitrogens is 3. The molecule has 24 heavy (non-hydrogen) atoms. The Kier molecular flexibility index (Phi) is 4.00. The van der Waals surface area contributed by atoms with E-state index in [-0.39, 0.29) is 0 Å². The fraction of sp³-hybridized carbons (Fsp3) is 0.611. The van der Waals surface area contributed by atoms with Crippen LogP contribution in [0.5, 0.6) is 0 Å². The van der Waals surface area contributed by atoms with Crippen molar-refractivity contribution in [2.45, 2.75) is 32.6 Å². The summed E-state index contributed by atoms with van der Waals surface area (Å²) >= 11 is 0. The summed E-state index contributed by atoms with van der Waals surface area (Å²) in [6, 6.07) is 4.10. The van der Waals surface area contributed by atoms with E-state index in [1.54, 1.807) is 0 Å². The molecule has 0 amide bonds. The molecule has 0 radical (unpaired) electrons. The van der Waals surface area contributed by atoms with Gasteiger partial charge in [-0.15, -0.1) is 0 Å². The van der Waals surface area contributed by atoms with E-state index in [4.69, 9.17) is 4.52 Å². The Morgan fingerprint density at radius 1 is 1.17 bits per heavy atom. The summed E-state index contributed by atoms with van der Waals surface area (Å²) in [5.41, 5.74) is 2.45. The maximum atomic E-state index is 5.38. The molecular formula is C18H25N5O. The van der Waals surface area contributed by atoms with E-state index in [2.05, 4.69) is 45.0 Å². The van der Waals surface area contributed by atoms with Crippen LogP contribution >= 0.6 is 0 Å². The lowest BCUT2D eigenvalue weighted by atomic mass is 10.0. The van der Waals surface area contributed by atoms with E-state index in [0.717, 1.165) is 56.3 Å². The van der Waals surface area contributed by atoms with Crippen LogP contribution in [0.1, 0.15) is 32.1 Å². The highest BCUT2D eigenvalue weighted by molar-refractivity contribution is 5.54. The van der Waals surface area contributed by atoms with E-state index in [0.29, 0.717) is 11.2 Å². The number of rotatable bonds is 5. The lowest BCUT2D eigenvalue weighted by molar-refractivity contribution is 0.313. The van der Waals surface area contributed by atoms with Gasteiger partial charge in [-0.05, 0) is 43.9 Å². The lowest BCUT2D eigenvalue weighted by Gasteiger charge is -2.33. The van der Waals surface area contributed by atoms with E-state index < -0.39 is 0 Å². The Balaban J connectivity index is 1.40. The Bertz CT molecular complexity index is 684. The minimum absolute atomic E-state index is 0.511. The van der Waals surface area contributed by atoms with Crippen LogP contribution in [0.2, 0.25) is 0 Å². The molecule has 0 spiro atoms. The molecule has 128 valence electrons. The second kappa shape index (κ2) is 6.16. The first kappa shape index (κ1) is 15.6. The second-order valence-electron chi connectivity index (χ2n) is 7.51. The van der Waals surface area contributed by atoms with Crippen molar-refractivity contribution < 1.29 is 4.52 Å². The molecule has 0 atom stereocenters. The van der Waals surface area contributed by atoms with Crippen LogP contribution in [0.25, 0.3) is 11.5 Å². The second-order valence-corrected chi connectivity index (χ2v) is 7.51. The van der Waals surface area contributed by atoms with Gasteiger partial charge in [0.05, 0.1) is 11.9 Å². The monoisotopic (exact) mass is 327 g/mol. The fourth-order valence-corrected chi connectivity index (χ4v) is 3.10. The normalized spacial score (nSPS) is 20.3. The van der Waals surface area contributed by atoms with Crippen molar-refractivity contribution >= 4 is 5.69 Å². The predicted octanol–water partition coefficient (Wildman–Crippen LogP) is 2.62. The van der Waals surface area contributed by atoms with Crippen molar-refractivity contribution in [3.63, 3.8) is 0 Å². The number of likely N-dealkylation sites (N-methyl/N-ethyl adjacent to an activating group) is 1. The van der Waals surface area contributed by atoms with Gasteiger partial charge in [0.1, 0.15) is 5.69 Å². The van der Waals surface area contributed by atoms with Crippen LogP contribution in [0.15, 0.2) is 22.9 Å². The molecule has 1 aliphatic heterocycles. The van der Waals surface area contributed by atoms with Crippen LogP contribution < -0.4 is 4.90 Å². The van der Waals surface area contributed by atoms with Gasteiger partial charge in [-0.25, -0.2) is 0 Å². The van der Waals surface area contributed by atoms with Crippen molar-refractivity contribution in [1.82, 2.24) is 20.0 Å². The molecule has 1 saturated heterocycles. The lowest BCUT2D eigenvalue weighted by Crippen LogP contribution is -2.44. The van der Waals surface area contributed by atoms with Crippen LogP contribution in [-0.2, 0) is 6.42 Å². The molecule has 6 heteroatoms. The van der Waals surface area contributed by atoms with Crippen LogP contribution in [0, 0.1) is 5.41 Å². The van der Waals surface area contributed by atoms with Crippen LogP contribution in [-0.4, -0.2) is 53.3 Å². The van der Waals surface area contributed by atoms with Crippen molar-refractivity contribution in [2.75, 3.05) is 38.1 Å². The van der Waals surface area contributed by atoms with E-state index in [1.165, 1.54) is 12.8 Å². The highest BCUT2D eigenvalue weighted by Gasteiger charge is 2.36. The molecule has 1 aliphatic carbocycles. The summed E-state index contributed by atoms with van der Waals surface area (Å²) in [6.45, 7) is 6.60. The van der Waals surface area contributed by atoms with Crippen molar-refractivity contribution in [1.29, 1.82) is 0 Å². The largest absolute Gasteiger partial charge is 0.368 e. The Morgan fingerprint density at radius 2 is 1.96 bits per heavy atom. The molecule has 2 aromatic heterocycles. The van der Waals surface area contributed by atoms with Gasteiger partial charge in [0.25, 0.3) is 0 Å². The van der Waals surface area contributed by atoms with E-state index in [9.17, 15) is 0 Å². The van der Waals surface area contributed by atoms with Gasteiger partial charge in [-0.3, -0.25) is 4.98 Å². The van der Waals surface area contributed by atoms with Gasteiger partial charge in [0.15, 0.2) is 0 Å². The van der Waals surface area contributed by atoms with Gasteiger partial charge in [-0.2, -0.15) is 4.98 Å². The molecule has 0 unspecified atom stereocenters. The highest BCUT2D eigenvalue weighted by atomic mass is 16.5. The van der Waals surface area contributed by atoms with Crippen molar-refractivity contribution in [3.05, 3.63) is 24.2 Å². The first-order valence-electron chi connectivity index (χ1n) is 8.84. The van der Waals surface area contributed by atoms with Gasteiger partial charge < -0.3 is 14.3 Å². The maximum absolute atomic E-state index is 5.38. The van der Waals surface area contributed by atoms with Crippen LogP contribution in [0.3, 0.4) is 0 Å². The minimum atomic E-state index is 0.511. The molecule has 1 saturated carbocycles. The van der Waals surface area contributed by atoms with Crippen molar-refractivity contribution in [3.8, 4) is 11.5 Å². The molecule has 2 aliphatic rings. The van der Waals surface area contributed by atoms with Gasteiger partial charge in [0, 0.05) is 32.6 Å². The maximum Gasteiger partial charge on any atom is 0.227 e. The first-order chi connectivity index (χ1) is 11.6. The summed E-state index contributed by atoms with van der Waals surface area (Å²) in [4.78, 5) is 13.8. The molecule has 6 nitrogen and oxygen atoms in total. The predicted molar refractivity (Wildman–Crippen MR) is 92.9 cm³/mol. The number of pyridine rings is 1. The summed E-state index contributed by atoms with van der Waals surface area (Å²) in [5.74, 6) is 1.32. The molecule has 2 aromatic rings. The molecular weight excluding hydrogens is 302 g/mol.